The molecule has 0 aliphatic carbocycles. The van der Waals surface area contributed by atoms with Gasteiger partial charge in [-0.25, -0.2) is 0 Å². The van der Waals surface area contributed by atoms with Crippen molar-refractivity contribution in [2.75, 3.05) is 26.2 Å². The summed E-state index contributed by atoms with van der Waals surface area (Å²) in [7, 11) is 0. The fourth-order valence-electron chi connectivity index (χ4n) is 2.41. The predicted molar refractivity (Wildman–Crippen MR) is 87.1 cm³/mol. The second-order valence-corrected chi connectivity index (χ2v) is 5.76. The molecule has 0 aromatic heterocycles. The number of rotatable bonds is 10. The number of hydrogen-bond donors (Lipinski definition) is 1. The van der Waals surface area contributed by atoms with Crippen molar-refractivity contribution < 1.29 is 9.64 Å². The quantitative estimate of drug-likeness (QED) is 0.653. The van der Waals surface area contributed by atoms with Gasteiger partial charge in [0, 0.05) is 0 Å². The smallest absolute Gasteiger partial charge is 0.140 e. The Labute approximate surface area is 129 Å². The van der Waals surface area contributed by atoms with Gasteiger partial charge in [0.15, 0.2) is 0 Å². The van der Waals surface area contributed by atoms with Crippen molar-refractivity contribution in [3.8, 4) is 5.75 Å². The van der Waals surface area contributed by atoms with Crippen LogP contribution in [0.2, 0.25) is 5.02 Å². The number of hydrogen-bond acceptors (Lipinski definition) is 1. The molecule has 3 heteroatoms. The highest BCUT2D eigenvalue weighted by Gasteiger charge is 2.04. The second kappa shape index (κ2) is 10.1. The predicted octanol–water partition coefficient (Wildman–Crippen LogP) is 3.51. The Morgan fingerprint density at radius 3 is 2.40 bits per heavy atom. The van der Waals surface area contributed by atoms with E-state index in [4.69, 9.17) is 16.3 Å². The lowest BCUT2D eigenvalue weighted by Crippen LogP contribution is -3.11. The summed E-state index contributed by atoms with van der Waals surface area (Å²) in [5.74, 6) is 0.849. The van der Waals surface area contributed by atoms with Crippen molar-refractivity contribution in [3.05, 3.63) is 28.8 Å². The molecule has 0 heterocycles. The molecular weight excluding hydrogens is 270 g/mol. The van der Waals surface area contributed by atoms with Crippen molar-refractivity contribution in [1.82, 2.24) is 0 Å². The van der Waals surface area contributed by atoms with Crippen molar-refractivity contribution in [1.29, 1.82) is 0 Å². The second-order valence-electron chi connectivity index (χ2n) is 5.36. The number of unbranched alkanes of at least 4 members (excludes halogenated alkanes) is 3. The van der Waals surface area contributed by atoms with E-state index < -0.39 is 0 Å². The summed E-state index contributed by atoms with van der Waals surface area (Å²) in [6, 6.07) is 5.88. The molecule has 0 aliphatic heterocycles. The number of ether oxygens (including phenoxy) is 1. The summed E-state index contributed by atoms with van der Waals surface area (Å²) in [5.41, 5.74) is 1.11. The number of aryl methyl sites for hydroxylation is 1. The van der Waals surface area contributed by atoms with E-state index in [1.54, 1.807) is 4.90 Å². The first kappa shape index (κ1) is 17.3. The zero-order valence-corrected chi connectivity index (χ0v) is 13.9. The van der Waals surface area contributed by atoms with E-state index in [2.05, 4.69) is 13.8 Å². The molecule has 20 heavy (non-hydrogen) atoms. The van der Waals surface area contributed by atoms with Gasteiger partial charge in [-0.1, -0.05) is 23.7 Å². The van der Waals surface area contributed by atoms with Crippen molar-refractivity contribution in [2.24, 2.45) is 0 Å². The average molecular weight is 299 g/mol. The van der Waals surface area contributed by atoms with Crippen LogP contribution >= 0.6 is 11.6 Å². The Bertz CT molecular complexity index is 357. The third kappa shape index (κ3) is 6.15. The molecule has 0 aliphatic rings. The van der Waals surface area contributed by atoms with E-state index >= 15 is 0 Å². The lowest BCUT2D eigenvalue weighted by atomic mass is 10.2. The maximum absolute atomic E-state index is 6.13. The minimum Gasteiger partial charge on any atom is -0.492 e. The van der Waals surface area contributed by atoms with Crippen LogP contribution < -0.4 is 9.64 Å². The van der Waals surface area contributed by atoms with Crippen molar-refractivity contribution in [2.45, 2.75) is 46.5 Å². The van der Waals surface area contributed by atoms with E-state index in [9.17, 15) is 0 Å². The zero-order valence-electron chi connectivity index (χ0n) is 13.2. The van der Waals surface area contributed by atoms with Crippen LogP contribution in [0.3, 0.4) is 0 Å². The maximum Gasteiger partial charge on any atom is 0.140 e. The molecule has 0 saturated carbocycles. The largest absolute Gasteiger partial charge is 0.492 e. The van der Waals surface area contributed by atoms with E-state index in [1.807, 2.05) is 25.1 Å². The molecule has 0 amide bonds. The highest BCUT2D eigenvalue weighted by atomic mass is 35.5. The number of quaternary nitrogens is 1. The van der Waals surface area contributed by atoms with Gasteiger partial charge in [-0.05, 0) is 58.1 Å². The number of halogens is 1. The number of para-hydroxylation sites is 1. The zero-order chi connectivity index (χ0) is 14.8. The monoisotopic (exact) mass is 298 g/mol. The van der Waals surface area contributed by atoms with E-state index in [1.165, 1.54) is 38.9 Å². The lowest BCUT2D eigenvalue weighted by Gasteiger charge is -2.15. The normalized spacial score (nSPS) is 11.1. The summed E-state index contributed by atoms with van der Waals surface area (Å²) in [6.45, 7) is 11.1. The van der Waals surface area contributed by atoms with Crippen LogP contribution in [0.15, 0.2) is 18.2 Å². The maximum atomic E-state index is 6.13. The molecule has 114 valence electrons. The molecule has 0 bridgehead atoms. The van der Waals surface area contributed by atoms with E-state index in [0.29, 0.717) is 0 Å². The van der Waals surface area contributed by atoms with Gasteiger partial charge in [-0.2, -0.15) is 0 Å². The molecule has 0 saturated heterocycles. The molecule has 1 aromatic rings. The fourth-order valence-corrected chi connectivity index (χ4v) is 2.68. The third-order valence-electron chi connectivity index (χ3n) is 3.83. The molecule has 2 nitrogen and oxygen atoms in total. The molecule has 0 radical (unpaired) electrons. The molecule has 1 N–H and O–H groups in total. The van der Waals surface area contributed by atoms with E-state index in [-0.39, 0.29) is 0 Å². The summed E-state index contributed by atoms with van der Waals surface area (Å²) >= 11 is 6.13. The molecule has 1 rings (SSSR count). The van der Waals surface area contributed by atoms with Gasteiger partial charge < -0.3 is 9.64 Å². The Morgan fingerprint density at radius 1 is 1.05 bits per heavy atom. The van der Waals surface area contributed by atoms with Gasteiger partial charge >= 0.3 is 0 Å². The van der Waals surface area contributed by atoms with Gasteiger partial charge in [0.25, 0.3) is 0 Å². The molecule has 1 aromatic carbocycles. The fraction of sp³-hybridized carbons (Fsp3) is 0.647. The van der Waals surface area contributed by atoms with Crippen LogP contribution in [0.1, 0.15) is 45.1 Å². The molecule has 0 unspecified atom stereocenters. The first-order valence-corrected chi connectivity index (χ1v) is 8.28. The number of benzene rings is 1. The van der Waals surface area contributed by atoms with E-state index in [0.717, 1.165) is 29.4 Å². The topological polar surface area (TPSA) is 13.7 Å². The SMILES string of the molecule is CC[NH+](CC)CCCCCCOc1c(C)cccc1Cl. The molecular formula is C17H29ClNO+. The summed E-state index contributed by atoms with van der Waals surface area (Å²) in [4.78, 5) is 1.70. The van der Waals surface area contributed by atoms with Gasteiger partial charge in [0.2, 0.25) is 0 Å². The van der Waals surface area contributed by atoms with Crippen LogP contribution in [-0.4, -0.2) is 26.2 Å². The van der Waals surface area contributed by atoms with Crippen molar-refractivity contribution in [3.63, 3.8) is 0 Å². The highest BCUT2D eigenvalue weighted by molar-refractivity contribution is 6.32. The molecule has 0 fully saturated rings. The summed E-state index contributed by atoms with van der Waals surface area (Å²) in [6.07, 6.45) is 4.97. The standard InChI is InChI=1S/C17H28ClNO/c1-4-19(5-2)13-8-6-7-9-14-20-17-15(3)11-10-12-16(17)18/h10-12H,4-9,13-14H2,1-3H3/p+1. The first-order valence-electron chi connectivity index (χ1n) is 7.90. The minimum absolute atomic E-state index is 0.718. The highest BCUT2D eigenvalue weighted by Crippen LogP contribution is 2.27. The Kier molecular flexibility index (Phi) is 8.72. The van der Waals surface area contributed by atoms with Gasteiger partial charge in [-0.15, -0.1) is 0 Å². The third-order valence-corrected chi connectivity index (χ3v) is 4.13. The number of nitrogens with one attached hydrogen (secondary N) is 1. The molecule has 0 spiro atoms. The van der Waals surface area contributed by atoms with Crippen LogP contribution in [-0.2, 0) is 0 Å². The lowest BCUT2D eigenvalue weighted by molar-refractivity contribution is -0.896. The van der Waals surface area contributed by atoms with Crippen LogP contribution in [0.4, 0.5) is 0 Å². The Balaban J connectivity index is 2.11. The van der Waals surface area contributed by atoms with Crippen LogP contribution in [0.5, 0.6) is 5.75 Å². The molecule has 0 atom stereocenters. The minimum atomic E-state index is 0.718. The Hall–Kier alpha value is -0.730. The van der Waals surface area contributed by atoms with Crippen LogP contribution in [0, 0.1) is 6.92 Å². The van der Waals surface area contributed by atoms with Crippen LogP contribution in [0.25, 0.3) is 0 Å². The van der Waals surface area contributed by atoms with Crippen molar-refractivity contribution >= 4 is 11.6 Å². The average Bonchev–Trinajstić information content (AvgIpc) is 2.44. The Morgan fingerprint density at radius 2 is 1.75 bits per heavy atom. The summed E-state index contributed by atoms with van der Waals surface area (Å²) < 4.78 is 5.80. The van der Waals surface area contributed by atoms with Gasteiger partial charge in [-0.3, -0.25) is 0 Å². The first-order chi connectivity index (χ1) is 9.69. The van der Waals surface area contributed by atoms with Gasteiger partial charge in [0.1, 0.15) is 5.75 Å². The summed E-state index contributed by atoms with van der Waals surface area (Å²) in [5, 5.41) is 0.718. The van der Waals surface area contributed by atoms with Gasteiger partial charge in [0.05, 0.1) is 31.3 Å².